The molecule has 0 unspecified atom stereocenters. The third kappa shape index (κ3) is 3.92. The van der Waals surface area contributed by atoms with Gasteiger partial charge in [-0.1, -0.05) is 13.3 Å². The normalized spacial score (nSPS) is 18.6. The van der Waals surface area contributed by atoms with Crippen LogP contribution in [0.3, 0.4) is 0 Å². The van der Waals surface area contributed by atoms with Gasteiger partial charge in [0.15, 0.2) is 11.6 Å². The van der Waals surface area contributed by atoms with Gasteiger partial charge in [-0.05, 0) is 31.4 Å². The van der Waals surface area contributed by atoms with Gasteiger partial charge in [0.2, 0.25) is 5.91 Å². The van der Waals surface area contributed by atoms with Crippen molar-refractivity contribution < 1.29 is 4.79 Å². The lowest BCUT2D eigenvalue weighted by Crippen LogP contribution is -2.49. The van der Waals surface area contributed by atoms with Crippen LogP contribution in [0.4, 0.5) is 11.6 Å². The van der Waals surface area contributed by atoms with Crippen molar-refractivity contribution in [3.8, 4) is 0 Å². The predicted octanol–water partition coefficient (Wildman–Crippen LogP) is 1.92. The van der Waals surface area contributed by atoms with Gasteiger partial charge in [0.25, 0.3) is 0 Å². The first-order valence-electron chi connectivity index (χ1n) is 8.89. The minimum absolute atomic E-state index is 0.293. The maximum Gasteiger partial charge on any atom is 0.222 e. The number of anilines is 2. The zero-order valence-electron chi connectivity index (χ0n) is 14.1. The largest absolute Gasteiger partial charge is 0.355 e. The average molecular weight is 317 g/mol. The zero-order valence-corrected chi connectivity index (χ0v) is 14.1. The zero-order chi connectivity index (χ0) is 16.1. The number of hydrogen-bond donors (Lipinski definition) is 0. The van der Waals surface area contributed by atoms with E-state index in [0.717, 1.165) is 63.7 Å². The van der Waals surface area contributed by atoms with E-state index in [4.69, 9.17) is 0 Å². The lowest BCUT2D eigenvalue weighted by Gasteiger charge is -2.35. The Morgan fingerprint density at radius 3 is 2.04 bits per heavy atom. The Morgan fingerprint density at radius 1 is 0.957 bits per heavy atom. The van der Waals surface area contributed by atoms with Gasteiger partial charge in [0.05, 0.1) is 0 Å². The van der Waals surface area contributed by atoms with E-state index in [-0.39, 0.29) is 0 Å². The van der Waals surface area contributed by atoms with Gasteiger partial charge in [0, 0.05) is 45.7 Å². The van der Waals surface area contributed by atoms with Crippen LogP contribution in [0.15, 0.2) is 12.1 Å². The summed E-state index contributed by atoms with van der Waals surface area (Å²) in [6.07, 6.45) is 5.24. The summed E-state index contributed by atoms with van der Waals surface area (Å²) in [6.45, 7) is 7.57. The van der Waals surface area contributed by atoms with Crippen molar-refractivity contribution in [1.82, 2.24) is 15.1 Å². The minimum Gasteiger partial charge on any atom is -0.355 e. The van der Waals surface area contributed by atoms with Crippen LogP contribution in [0.25, 0.3) is 0 Å². The molecule has 0 bridgehead atoms. The Hall–Kier alpha value is -1.85. The molecule has 0 aliphatic carbocycles. The Labute approximate surface area is 138 Å². The summed E-state index contributed by atoms with van der Waals surface area (Å²) in [4.78, 5) is 18.6. The number of nitrogens with zero attached hydrogens (tertiary/aromatic N) is 5. The summed E-state index contributed by atoms with van der Waals surface area (Å²) in [5, 5.41) is 8.78. The van der Waals surface area contributed by atoms with Crippen molar-refractivity contribution in [3.63, 3.8) is 0 Å². The third-order valence-electron chi connectivity index (χ3n) is 4.77. The van der Waals surface area contributed by atoms with E-state index in [1.54, 1.807) is 0 Å². The Bertz CT molecular complexity index is 504. The summed E-state index contributed by atoms with van der Waals surface area (Å²) >= 11 is 0. The van der Waals surface area contributed by atoms with Crippen molar-refractivity contribution >= 4 is 17.5 Å². The van der Waals surface area contributed by atoms with E-state index in [1.807, 2.05) is 4.90 Å². The van der Waals surface area contributed by atoms with Gasteiger partial charge in [-0.15, -0.1) is 10.2 Å². The van der Waals surface area contributed by atoms with E-state index in [2.05, 4.69) is 39.1 Å². The van der Waals surface area contributed by atoms with Crippen LogP contribution in [0.1, 0.15) is 39.0 Å². The van der Waals surface area contributed by atoms with Crippen molar-refractivity contribution in [3.05, 3.63) is 12.1 Å². The maximum atomic E-state index is 12.1. The van der Waals surface area contributed by atoms with Crippen LogP contribution < -0.4 is 9.80 Å². The molecule has 23 heavy (non-hydrogen) atoms. The molecule has 0 radical (unpaired) electrons. The van der Waals surface area contributed by atoms with E-state index >= 15 is 0 Å². The molecular formula is C17H27N5O. The van der Waals surface area contributed by atoms with Crippen molar-refractivity contribution in [1.29, 1.82) is 0 Å². The van der Waals surface area contributed by atoms with E-state index in [9.17, 15) is 4.79 Å². The first-order valence-corrected chi connectivity index (χ1v) is 8.89. The number of carbonyl (C=O) groups excluding carboxylic acids is 1. The van der Waals surface area contributed by atoms with Gasteiger partial charge in [-0.25, -0.2) is 0 Å². The second-order valence-electron chi connectivity index (χ2n) is 6.42. The smallest absolute Gasteiger partial charge is 0.222 e. The molecule has 0 saturated carbocycles. The average Bonchev–Trinajstić information content (AvgIpc) is 3.14. The van der Waals surface area contributed by atoms with E-state index in [0.29, 0.717) is 12.3 Å². The number of aromatic nitrogens is 2. The highest BCUT2D eigenvalue weighted by atomic mass is 16.2. The molecule has 0 spiro atoms. The van der Waals surface area contributed by atoms with Gasteiger partial charge in [-0.3, -0.25) is 4.79 Å². The standard InChI is InChI=1S/C17H27N5O/c1-2-3-6-17(23)22-13-11-21(12-14-22)16-8-7-15(18-19-16)20-9-4-5-10-20/h7-8H,2-6,9-14H2,1H3. The summed E-state index contributed by atoms with van der Waals surface area (Å²) < 4.78 is 0. The topological polar surface area (TPSA) is 52.6 Å². The molecule has 0 N–H and O–H groups in total. The van der Waals surface area contributed by atoms with Crippen LogP contribution in [0, 0.1) is 0 Å². The van der Waals surface area contributed by atoms with Gasteiger partial charge in [0.1, 0.15) is 0 Å². The molecule has 6 nitrogen and oxygen atoms in total. The highest BCUT2D eigenvalue weighted by Crippen LogP contribution is 2.20. The molecule has 2 aliphatic heterocycles. The number of carbonyl (C=O) groups is 1. The molecule has 2 aliphatic rings. The van der Waals surface area contributed by atoms with Gasteiger partial charge < -0.3 is 14.7 Å². The predicted molar refractivity (Wildman–Crippen MR) is 91.8 cm³/mol. The first kappa shape index (κ1) is 16.0. The molecule has 0 aromatic carbocycles. The molecule has 126 valence electrons. The third-order valence-corrected chi connectivity index (χ3v) is 4.77. The van der Waals surface area contributed by atoms with Crippen molar-refractivity contribution in [2.75, 3.05) is 49.1 Å². The van der Waals surface area contributed by atoms with Crippen LogP contribution in [0.2, 0.25) is 0 Å². The molecule has 6 heteroatoms. The van der Waals surface area contributed by atoms with E-state index in [1.165, 1.54) is 12.8 Å². The Kier molecular flexibility index (Phi) is 5.31. The molecule has 1 aromatic heterocycles. The fraction of sp³-hybridized carbons (Fsp3) is 0.706. The number of piperazine rings is 1. The van der Waals surface area contributed by atoms with Crippen LogP contribution in [0.5, 0.6) is 0 Å². The van der Waals surface area contributed by atoms with Gasteiger partial charge >= 0.3 is 0 Å². The molecule has 3 rings (SSSR count). The molecular weight excluding hydrogens is 290 g/mol. The molecule has 3 heterocycles. The lowest BCUT2D eigenvalue weighted by molar-refractivity contribution is -0.131. The molecule has 1 amide bonds. The van der Waals surface area contributed by atoms with Crippen LogP contribution in [-0.2, 0) is 4.79 Å². The highest BCUT2D eigenvalue weighted by Gasteiger charge is 2.22. The fourth-order valence-corrected chi connectivity index (χ4v) is 3.27. The monoisotopic (exact) mass is 317 g/mol. The molecule has 2 fully saturated rings. The summed E-state index contributed by atoms with van der Waals surface area (Å²) in [6, 6.07) is 4.14. The molecule has 0 atom stereocenters. The summed E-state index contributed by atoms with van der Waals surface area (Å²) in [5.41, 5.74) is 0. The number of hydrogen-bond acceptors (Lipinski definition) is 5. The van der Waals surface area contributed by atoms with Crippen LogP contribution in [-0.4, -0.2) is 60.3 Å². The number of unbranched alkanes of at least 4 members (excludes halogenated alkanes) is 1. The lowest BCUT2D eigenvalue weighted by atomic mass is 10.2. The Morgan fingerprint density at radius 2 is 1.52 bits per heavy atom. The second-order valence-corrected chi connectivity index (χ2v) is 6.42. The fourth-order valence-electron chi connectivity index (χ4n) is 3.27. The van der Waals surface area contributed by atoms with E-state index < -0.39 is 0 Å². The highest BCUT2D eigenvalue weighted by molar-refractivity contribution is 5.76. The number of amides is 1. The van der Waals surface area contributed by atoms with Gasteiger partial charge in [-0.2, -0.15) is 0 Å². The second kappa shape index (κ2) is 7.62. The number of rotatable bonds is 5. The summed E-state index contributed by atoms with van der Waals surface area (Å²) in [5.74, 6) is 2.20. The molecule has 2 saturated heterocycles. The first-order chi connectivity index (χ1) is 11.3. The molecule has 1 aromatic rings. The summed E-state index contributed by atoms with van der Waals surface area (Å²) in [7, 11) is 0. The minimum atomic E-state index is 0.293. The SMILES string of the molecule is CCCCC(=O)N1CCN(c2ccc(N3CCCC3)nn2)CC1. The quantitative estimate of drug-likeness (QED) is 0.830. The van der Waals surface area contributed by atoms with Crippen molar-refractivity contribution in [2.45, 2.75) is 39.0 Å². The van der Waals surface area contributed by atoms with Crippen molar-refractivity contribution in [2.24, 2.45) is 0 Å². The van der Waals surface area contributed by atoms with Crippen LogP contribution >= 0.6 is 0 Å². The Balaban J connectivity index is 1.52. The maximum absolute atomic E-state index is 12.1.